The van der Waals surface area contributed by atoms with E-state index < -0.39 is 0 Å². The van der Waals surface area contributed by atoms with E-state index in [-0.39, 0.29) is 6.61 Å². The van der Waals surface area contributed by atoms with Crippen LogP contribution in [-0.4, -0.2) is 40.7 Å². The highest BCUT2D eigenvalue weighted by Crippen LogP contribution is 2.25. The van der Waals surface area contributed by atoms with Gasteiger partial charge < -0.3 is 15.3 Å². The average molecular weight is 310 g/mol. The van der Waals surface area contributed by atoms with E-state index >= 15 is 0 Å². The standard InChI is InChI=1S/C15H26N4OS/c1-3-5-7-18(8-10-20)14-13(12-16-6-4-2)19-9-11-21-15(19)17-14/h9,11,16,20H,3-8,10,12H2,1-2H3. The zero-order chi connectivity index (χ0) is 15.1. The van der Waals surface area contributed by atoms with Gasteiger partial charge in [0.05, 0.1) is 12.3 Å². The smallest absolute Gasteiger partial charge is 0.195 e. The number of nitrogens with one attached hydrogen (secondary N) is 1. The van der Waals surface area contributed by atoms with E-state index in [0.29, 0.717) is 6.54 Å². The molecule has 0 unspecified atom stereocenters. The molecule has 118 valence electrons. The molecule has 0 aromatic carbocycles. The van der Waals surface area contributed by atoms with Crippen molar-refractivity contribution in [3.8, 4) is 0 Å². The monoisotopic (exact) mass is 310 g/mol. The molecule has 0 aliphatic rings. The second kappa shape index (κ2) is 8.36. The van der Waals surface area contributed by atoms with Gasteiger partial charge in [0, 0.05) is 31.2 Å². The summed E-state index contributed by atoms with van der Waals surface area (Å²) < 4.78 is 2.17. The normalized spacial score (nSPS) is 11.4. The number of nitrogens with zero attached hydrogens (tertiary/aromatic N) is 3. The average Bonchev–Trinajstić information content (AvgIpc) is 3.06. The molecular formula is C15H26N4OS. The molecule has 2 aromatic rings. The first-order valence-corrected chi connectivity index (χ1v) is 8.70. The van der Waals surface area contributed by atoms with Crippen LogP contribution < -0.4 is 10.2 Å². The van der Waals surface area contributed by atoms with Crippen LogP contribution >= 0.6 is 11.3 Å². The van der Waals surface area contributed by atoms with E-state index in [9.17, 15) is 5.11 Å². The second-order valence-electron chi connectivity index (χ2n) is 5.18. The molecule has 0 bridgehead atoms. The summed E-state index contributed by atoms with van der Waals surface area (Å²) in [7, 11) is 0. The molecule has 2 aromatic heterocycles. The van der Waals surface area contributed by atoms with Gasteiger partial charge in [-0.05, 0) is 19.4 Å². The van der Waals surface area contributed by atoms with Crippen LogP contribution in [0.25, 0.3) is 4.96 Å². The summed E-state index contributed by atoms with van der Waals surface area (Å²) in [5, 5.41) is 14.9. The van der Waals surface area contributed by atoms with Gasteiger partial charge in [-0.15, -0.1) is 11.3 Å². The highest BCUT2D eigenvalue weighted by atomic mass is 32.1. The first-order chi connectivity index (χ1) is 10.3. The fraction of sp³-hybridized carbons (Fsp3) is 0.667. The third-order valence-corrected chi connectivity index (χ3v) is 4.27. The van der Waals surface area contributed by atoms with Crippen LogP contribution in [0.15, 0.2) is 11.6 Å². The molecule has 0 atom stereocenters. The van der Waals surface area contributed by atoms with Crippen LogP contribution in [0.2, 0.25) is 0 Å². The second-order valence-corrected chi connectivity index (χ2v) is 6.05. The molecular weight excluding hydrogens is 284 g/mol. The van der Waals surface area contributed by atoms with Crippen molar-refractivity contribution in [1.82, 2.24) is 14.7 Å². The van der Waals surface area contributed by atoms with Crippen molar-refractivity contribution in [2.24, 2.45) is 0 Å². The van der Waals surface area contributed by atoms with E-state index in [1.54, 1.807) is 11.3 Å². The Morgan fingerprint density at radius 2 is 2.19 bits per heavy atom. The number of aromatic nitrogens is 2. The lowest BCUT2D eigenvalue weighted by Gasteiger charge is -2.22. The molecule has 2 N–H and O–H groups in total. The Morgan fingerprint density at radius 1 is 1.33 bits per heavy atom. The number of anilines is 1. The first kappa shape index (κ1) is 16.3. The van der Waals surface area contributed by atoms with Crippen molar-refractivity contribution < 1.29 is 5.11 Å². The molecule has 5 nitrogen and oxygen atoms in total. The summed E-state index contributed by atoms with van der Waals surface area (Å²) >= 11 is 1.66. The minimum atomic E-state index is 0.163. The lowest BCUT2D eigenvalue weighted by atomic mass is 10.3. The van der Waals surface area contributed by atoms with Crippen molar-refractivity contribution in [2.75, 3.05) is 31.1 Å². The molecule has 0 aliphatic heterocycles. The zero-order valence-corrected chi connectivity index (χ0v) is 13.8. The van der Waals surface area contributed by atoms with Gasteiger partial charge in [-0.25, -0.2) is 4.98 Å². The number of aliphatic hydroxyl groups excluding tert-OH is 1. The Hall–Kier alpha value is -1.11. The van der Waals surface area contributed by atoms with E-state index in [1.807, 2.05) is 0 Å². The van der Waals surface area contributed by atoms with Gasteiger partial charge in [0.2, 0.25) is 0 Å². The summed E-state index contributed by atoms with van der Waals surface area (Å²) in [4.78, 5) is 8.02. The van der Waals surface area contributed by atoms with Crippen molar-refractivity contribution in [2.45, 2.75) is 39.7 Å². The lowest BCUT2D eigenvalue weighted by molar-refractivity contribution is 0.301. The third-order valence-electron chi connectivity index (χ3n) is 3.51. The molecule has 0 radical (unpaired) electrons. The Kier molecular flexibility index (Phi) is 6.48. The van der Waals surface area contributed by atoms with Gasteiger partial charge in [0.1, 0.15) is 0 Å². The molecule has 0 fully saturated rings. The maximum atomic E-state index is 9.34. The fourth-order valence-corrected chi connectivity index (χ4v) is 3.14. The molecule has 6 heteroatoms. The van der Waals surface area contributed by atoms with Gasteiger partial charge in [0.25, 0.3) is 0 Å². The van der Waals surface area contributed by atoms with Crippen molar-refractivity contribution in [1.29, 1.82) is 0 Å². The quantitative estimate of drug-likeness (QED) is 0.662. The van der Waals surface area contributed by atoms with Gasteiger partial charge >= 0.3 is 0 Å². The first-order valence-electron chi connectivity index (χ1n) is 7.82. The predicted octanol–water partition coefficient (Wildman–Crippen LogP) is 2.49. The Bertz CT molecular complexity index is 537. The van der Waals surface area contributed by atoms with Crippen LogP contribution in [-0.2, 0) is 6.54 Å². The van der Waals surface area contributed by atoms with Gasteiger partial charge in [-0.2, -0.15) is 0 Å². The van der Waals surface area contributed by atoms with Crippen molar-refractivity contribution in [3.05, 3.63) is 17.3 Å². The maximum absolute atomic E-state index is 9.34. The Labute approximate surface area is 130 Å². The number of aliphatic hydroxyl groups is 1. The highest BCUT2D eigenvalue weighted by molar-refractivity contribution is 7.15. The Morgan fingerprint density at radius 3 is 2.90 bits per heavy atom. The minimum Gasteiger partial charge on any atom is -0.395 e. The largest absolute Gasteiger partial charge is 0.395 e. The van der Waals surface area contributed by atoms with Gasteiger partial charge in [0.15, 0.2) is 10.8 Å². The summed E-state index contributed by atoms with van der Waals surface area (Å²) in [6.07, 6.45) is 5.47. The Balaban J connectivity index is 2.25. The third kappa shape index (κ3) is 3.96. The molecule has 0 saturated heterocycles. The summed E-state index contributed by atoms with van der Waals surface area (Å²) in [5.41, 5.74) is 1.20. The fourth-order valence-electron chi connectivity index (χ4n) is 2.42. The number of unbranched alkanes of at least 4 members (excludes halogenated alkanes) is 1. The van der Waals surface area contributed by atoms with Crippen molar-refractivity contribution >= 4 is 22.1 Å². The topological polar surface area (TPSA) is 52.8 Å². The molecule has 2 rings (SSSR count). The number of thiazole rings is 1. The van der Waals surface area contributed by atoms with E-state index in [1.165, 1.54) is 5.69 Å². The number of imidazole rings is 1. The minimum absolute atomic E-state index is 0.163. The zero-order valence-electron chi connectivity index (χ0n) is 13.0. The number of rotatable bonds is 10. The molecule has 0 spiro atoms. The van der Waals surface area contributed by atoms with Gasteiger partial charge in [-0.1, -0.05) is 20.3 Å². The van der Waals surface area contributed by atoms with E-state index in [2.05, 4.69) is 40.0 Å². The molecule has 21 heavy (non-hydrogen) atoms. The summed E-state index contributed by atoms with van der Waals surface area (Å²) in [6.45, 7) is 7.93. The lowest BCUT2D eigenvalue weighted by Crippen LogP contribution is -2.30. The number of hydrogen-bond donors (Lipinski definition) is 2. The van der Waals surface area contributed by atoms with E-state index in [0.717, 1.165) is 49.7 Å². The van der Waals surface area contributed by atoms with Crippen LogP contribution in [0.4, 0.5) is 5.82 Å². The van der Waals surface area contributed by atoms with Gasteiger partial charge in [-0.3, -0.25) is 4.40 Å². The summed E-state index contributed by atoms with van der Waals surface area (Å²) in [5.74, 6) is 1.02. The van der Waals surface area contributed by atoms with Crippen LogP contribution in [0.5, 0.6) is 0 Å². The molecule has 0 aliphatic carbocycles. The van der Waals surface area contributed by atoms with Crippen LogP contribution in [0.1, 0.15) is 38.8 Å². The van der Waals surface area contributed by atoms with Crippen molar-refractivity contribution in [3.63, 3.8) is 0 Å². The summed E-state index contributed by atoms with van der Waals surface area (Å²) in [6, 6.07) is 0. The number of hydrogen-bond acceptors (Lipinski definition) is 5. The van der Waals surface area contributed by atoms with Crippen LogP contribution in [0, 0.1) is 0 Å². The van der Waals surface area contributed by atoms with Crippen LogP contribution in [0.3, 0.4) is 0 Å². The predicted molar refractivity (Wildman–Crippen MR) is 89.3 cm³/mol. The molecule has 2 heterocycles. The molecule has 0 amide bonds. The number of fused-ring (bicyclic) bond motifs is 1. The maximum Gasteiger partial charge on any atom is 0.195 e. The molecule has 0 saturated carbocycles. The SMILES string of the molecule is CCCCN(CCO)c1nc2sccn2c1CNCCC. The highest BCUT2D eigenvalue weighted by Gasteiger charge is 2.18. The van der Waals surface area contributed by atoms with E-state index in [4.69, 9.17) is 4.98 Å².